The normalized spacial score (nSPS) is 37.5. The lowest BCUT2D eigenvalue weighted by Gasteiger charge is -2.57. The molecule has 5 aliphatic carbocycles. The lowest BCUT2D eigenvalue weighted by Crippen LogP contribution is -2.48. The topological polar surface area (TPSA) is 34.1 Å². The number of fused-ring (bicyclic) bond motifs is 4. The van der Waals surface area contributed by atoms with Crippen molar-refractivity contribution in [1.29, 1.82) is 0 Å². The Bertz CT molecular complexity index is 1020. The molecule has 2 nitrogen and oxygen atoms in total. The van der Waals surface area contributed by atoms with E-state index in [1.165, 1.54) is 22.3 Å². The van der Waals surface area contributed by atoms with E-state index in [1.807, 2.05) is 6.08 Å². The van der Waals surface area contributed by atoms with E-state index in [2.05, 4.69) is 32.0 Å². The molecule has 0 saturated heterocycles. The summed E-state index contributed by atoms with van der Waals surface area (Å²) in [5.74, 6) is 1.60. The average molecular weight is 387 g/mol. The summed E-state index contributed by atoms with van der Waals surface area (Å²) in [4.78, 5) is 25.3. The molecule has 0 aliphatic heterocycles. The van der Waals surface area contributed by atoms with Crippen LogP contribution >= 0.6 is 0 Å². The molecule has 0 bridgehead atoms. The number of ketones is 2. The van der Waals surface area contributed by atoms with Crippen molar-refractivity contribution in [3.63, 3.8) is 0 Å². The summed E-state index contributed by atoms with van der Waals surface area (Å²) in [5.41, 5.74) is 8.89. The van der Waals surface area contributed by atoms with Crippen molar-refractivity contribution in [3.05, 3.63) is 57.7 Å². The quantitative estimate of drug-likeness (QED) is 0.585. The largest absolute Gasteiger partial charge is 0.299 e. The summed E-state index contributed by atoms with van der Waals surface area (Å²) in [5, 5.41) is 0. The van der Waals surface area contributed by atoms with Crippen molar-refractivity contribution in [2.75, 3.05) is 0 Å². The van der Waals surface area contributed by atoms with Crippen molar-refractivity contribution in [2.24, 2.45) is 16.7 Å². The minimum absolute atomic E-state index is 0.0541. The first-order valence-electron chi connectivity index (χ1n) is 11.6. The molecule has 5 aliphatic rings. The smallest absolute Gasteiger partial charge is 0.155 e. The van der Waals surface area contributed by atoms with Crippen molar-refractivity contribution >= 4 is 11.6 Å². The number of carbonyl (C=O) groups is 2. The lowest BCUT2D eigenvalue weighted by molar-refractivity contribution is -0.126. The van der Waals surface area contributed by atoms with Crippen LogP contribution < -0.4 is 0 Å². The van der Waals surface area contributed by atoms with E-state index in [4.69, 9.17) is 0 Å². The van der Waals surface area contributed by atoms with Crippen LogP contribution in [-0.2, 0) is 22.4 Å². The molecular formula is C27H30O2. The Kier molecular flexibility index (Phi) is 3.57. The number of hydrogen-bond acceptors (Lipinski definition) is 2. The van der Waals surface area contributed by atoms with Crippen LogP contribution in [0.1, 0.15) is 81.4 Å². The molecule has 1 fully saturated rings. The Morgan fingerprint density at radius 2 is 1.97 bits per heavy atom. The molecule has 150 valence electrons. The van der Waals surface area contributed by atoms with Crippen molar-refractivity contribution < 1.29 is 9.59 Å². The highest BCUT2D eigenvalue weighted by Gasteiger charge is 2.59. The van der Waals surface area contributed by atoms with Gasteiger partial charge in [0, 0.05) is 29.6 Å². The Labute approximate surface area is 173 Å². The van der Waals surface area contributed by atoms with E-state index in [1.54, 1.807) is 11.1 Å². The van der Waals surface area contributed by atoms with Crippen LogP contribution in [0.3, 0.4) is 0 Å². The van der Waals surface area contributed by atoms with Crippen molar-refractivity contribution in [2.45, 2.75) is 77.6 Å². The van der Waals surface area contributed by atoms with Gasteiger partial charge in [-0.3, -0.25) is 9.59 Å². The van der Waals surface area contributed by atoms with Crippen LogP contribution in [0.2, 0.25) is 0 Å². The maximum absolute atomic E-state index is 13.0. The van der Waals surface area contributed by atoms with Crippen LogP contribution in [0.25, 0.3) is 0 Å². The second-order valence-corrected chi connectivity index (χ2v) is 10.4. The van der Waals surface area contributed by atoms with Gasteiger partial charge in [0.25, 0.3) is 0 Å². The third kappa shape index (κ3) is 2.18. The number of allylic oxidation sites excluding steroid dienone is 4. The van der Waals surface area contributed by atoms with Crippen molar-refractivity contribution in [3.8, 4) is 0 Å². The molecule has 1 aromatic rings. The monoisotopic (exact) mass is 386 g/mol. The summed E-state index contributed by atoms with van der Waals surface area (Å²) < 4.78 is 0. The maximum Gasteiger partial charge on any atom is 0.155 e. The highest BCUT2D eigenvalue weighted by Crippen LogP contribution is 2.68. The van der Waals surface area contributed by atoms with Gasteiger partial charge < -0.3 is 0 Å². The van der Waals surface area contributed by atoms with Crippen LogP contribution in [0, 0.1) is 16.7 Å². The molecule has 1 aromatic carbocycles. The Balaban J connectivity index is 1.64. The highest BCUT2D eigenvalue weighted by molar-refractivity contribution is 5.92. The number of hydrogen-bond donors (Lipinski definition) is 0. The zero-order valence-electron chi connectivity index (χ0n) is 17.6. The zero-order valence-corrected chi connectivity index (χ0v) is 17.6. The Hall–Kier alpha value is -1.96. The van der Waals surface area contributed by atoms with Gasteiger partial charge in [0.15, 0.2) is 5.78 Å². The fraction of sp³-hybridized carbons (Fsp3) is 0.556. The molecule has 0 radical (unpaired) electrons. The van der Waals surface area contributed by atoms with Gasteiger partial charge in [-0.2, -0.15) is 0 Å². The molecular weight excluding hydrogens is 356 g/mol. The van der Waals surface area contributed by atoms with Gasteiger partial charge >= 0.3 is 0 Å². The van der Waals surface area contributed by atoms with E-state index in [-0.39, 0.29) is 10.8 Å². The molecule has 1 spiro atoms. The van der Waals surface area contributed by atoms with E-state index in [0.29, 0.717) is 29.8 Å². The van der Waals surface area contributed by atoms with Crippen LogP contribution in [-0.4, -0.2) is 11.6 Å². The fourth-order valence-corrected chi connectivity index (χ4v) is 7.83. The molecule has 1 unspecified atom stereocenters. The number of carbonyl (C=O) groups excluding carboxylic acids is 2. The fourth-order valence-electron chi connectivity index (χ4n) is 7.83. The summed E-state index contributed by atoms with van der Waals surface area (Å²) in [6, 6.07) is 7.09. The van der Waals surface area contributed by atoms with E-state index < -0.39 is 0 Å². The first kappa shape index (κ1) is 17.9. The average Bonchev–Trinajstić information content (AvgIpc) is 3.02. The first-order chi connectivity index (χ1) is 14.0. The number of rotatable bonds is 1. The minimum Gasteiger partial charge on any atom is -0.299 e. The number of benzene rings is 1. The number of aryl methyl sites for hydroxylation is 1. The molecule has 0 N–H and O–H groups in total. The van der Waals surface area contributed by atoms with Crippen LogP contribution in [0.4, 0.5) is 0 Å². The third-order valence-electron chi connectivity index (χ3n) is 9.22. The van der Waals surface area contributed by atoms with Crippen LogP contribution in [0.15, 0.2) is 41.0 Å². The second-order valence-electron chi connectivity index (χ2n) is 10.4. The standard InChI is InChI=1S/C27H30O2/c1-3-16-4-6-20-17(12-16)14-27-11-10-19(28)13-18(27)5-7-21-23-8-9-24(29)26(23,2)15-22(20)25(21)27/h4,6,12-13,22-23H,3,5,7-11,14-15H2,1-2H3/t22?,23-,26-,27+/m0/s1. The molecule has 0 aromatic heterocycles. The van der Waals surface area contributed by atoms with Gasteiger partial charge in [0.2, 0.25) is 0 Å². The molecule has 6 rings (SSSR count). The van der Waals surface area contributed by atoms with Crippen molar-refractivity contribution in [1.82, 2.24) is 0 Å². The maximum atomic E-state index is 13.0. The SMILES string of the molecule is CCc1ccc2c(c1)C[C@]13CCC(=O)C=C1CCC1=C3C2C[C@]2(C)C(=O)CC[C@@H]12. The molecule has 2 heteroatoms. The molecule has 0 amide bonds. The Morgan fingerprint density at radius 3 is 2.79 bits per heavy atom. The van der Waals surface area contributed by atoms with Gasteiger partial charge in [-0.15, -0.1) is 0 Å². The summed E-state index contributed by atoms with van der Waals surface area (Å²) in [7, 11) is 0. The predicted octanol–water partition coefficient (Wildman–Crippen LogP) is 5.64. The lowest BCUT2D eigenvalue weighted by atomic mass is 9.46. The number of Topliss-reactive ketones (excluding diaryl/α,β-unsaturated/α-hetero) is 1. The van der Waals surface area contributed by atoms with E-state index in [0.717, 1.165) is 51.4 Å². The summed E-state index contributed by atoms with van der Waals surface area (Å²) in [6.07, 6.45) is 10.6. The van der Waals surface area contributed by atoms with Gasteiger partial charge in [-0.05, 0) is 73.6 Å². The Morgan fingerprint density at radius 1 is 1.10 bits per heavy atom. The van der Waals surface area contributed by atoms with E-state index >= 15 is 0 Å². The van der Waals surface area contributed by atoms with Gasteiger partial charge in [-0.1, -0.05) is 48.8 Å². The van der Waals surface area contributed by atoms with Gasteiger partial charge in [-0.25, -0.2) is 0 Å². The van der Waals surface area contributed by atoms with Crippen LogP contribution in [0.5, 0.6) is 0 Å². The third-order valence-corrected chi connectivity index (χ3v) is 9.22. The predicted molar refractivity (Wildman–Crippen MR) is 114 cm³/mol. The molecule has 29 heavy (non-hydrogen) atoms. The molecule has 4 atom stereocenters. The highest BCUT2D eigenvalue weighted by atomic mass is 16.1. The van der Waals surface area contributed by atoms with Gasteiger partial charge in [0.1, 0.15) is 5.78 Å². The minimum atomic E-state index is -0.186. The second kappa shape index (κ2) is 5.80. The molecule has 0 heterocycles. The zero-order chi connectivity index (χ0) is 20.0. The summed E-state index contributed by atoms with van der Waals surface area (Å²) in [6.45, 7) is 4.48. The summed E-state index contributed by atoms with van der Waals surface area (Å²) >= 11 is 0. The van der Waals surface area contributed by atoms with E-state index in [9.17, 15) is 9.59 Å². The van der Waals surface area contributed by atoms with Gasteiger partial charge in [0.05, 0.1) is 0 Å². The first-order valence-corrected chi connectivity index (χ1v) is 11.6. The molecule has 1 saturated carbocycles.